The number of fused-ring (bicyclic) bond motifs is 7. The Morgan fingerprint density at radius 1 is 0.863 bits per heavy atom. The minimum atomic E-state index is -1.97. The molecule has 2 heterocycles. The second kappa shape index (κ2) is 21.7. The molecule has 4 amide bonds. The molecule has 8 fully saturated rings. The Kier molecular flexibility index (Phi) is 15.5. The van der Waals surface area contributed by atoms with Crippen molar-refractivity contribution in [2.75, 3.05) is 18.5 Å². The Morgan fingerprint density at radius 2 is 1.57 bits per heavy atom. The molecule has 80 heavy (non-hydrogen) atoms. The fraction of sp³-hybridized carbons (Fsp3) is 0.603. The first-order chi connectivity index (χ1) is 37.9. The number of Topliss-reactive ketones (excluding diaryl/α,β-unsaturated/α-hetero) is 1. The van der Waals surface area contributed by atoms with Crippen LogP contribution in [0.2, 0.25) is 0 Å². The summed E-state index contributed by atoms with van der Waals surface area (Å²) in [6.45, 7) is 6.62. The number of ether oxygens (including phenoxy) is 5. The number of ketones is 2. The van der Waals surface area contributed by atoms with Gasteiger partial charge in [0.15, 0.2) is 29.6 Å². The van der Waals surface area contributed by atoms with Crippen LogP contribution in [0.3, 0.4) is 0 Å². The lowest BCUT2D eigenvalue weighted by atomic mass is 9.38. The zero-order valence-electron chi connectivity index (χ0n) is 45.2. The number of hydrogen-bond acceptors (Lipinski definition) is 17. The number of nitrogens with one attached hydrogen (secondary N) is 4. The van der Waals surface area contributed by atoms with Gasteiger partial charge in [0.25, 0.3) is 0 Å². The highest BCUT2D eigenvalue weighted by molar-refractivity contribution is 6.01. The van der Waals surface area contributed by atoms with E-state index >= 15 is 0 Å². The molecule has 0 unspecified atom stereocenters. The summed E-state index contributed by atoms with van der Waals surface area (Å²) in [5.41, 5.74) is -0.0579. The third kappa shape index (κ3) is 10.3. The predicted octanol–water partition coefficient (Wildman–Crippen LogP) is 2.70. The van der Waals surface area contributed by atoms with Crippen LogP contribution >= 0.6 is 0 Å². The Bertz CT molecular complexity index is 2850. The highest BCUT2D eigenvalue weighted by Crippen LogP contribution is 2.71. The van der Waals surface area contributed by atoms with E-state index in [1.807, 2.05) is 37.3 Å². The summed E-state index contributed by atoms with van der Waals surface area (Å²) in [4.78, 5) is 88.8. The van der Waals surface area contributed by atoms with Crippen LogP contribution in [0.5, 0.6) is 5.75 Å². The number of aliphatic carboxylic acids is 1. The third-order valence-electron chi connectivity index (χ3n) is 18.6. The van der Waals surface area contributed by atoms with Gasteiger partial charge >= 0.3 is 12.1 Å². The summed E-state index contributed by atoms with van der Waals surface area (Å²) in [6.07, 6.45) is -2.45. The molecule has 14 atom stereocenters. The van der Waals surface area contributed by atoms with Gasteiger partial charge in [-0.2, -0.15) is 0 Å². The molecule has 11 rings (SSSR count). The smallest absolute Gasteiger partial charge is 0.407 e. The first-order valence-corrected chi connectivity index (χ1v) is 27.6. The molecule has 432 valence electrons. The van der Waals surface area contributed by atoms with Crippen LogP contribution in [-0.2, 0) is 60.7 Å². The largest absolute Gasteiger partial charge is 0.479 e. The molecule has 6 saturated carbocycles. The average molecular weight is 1110 g/mol. The number of aliphatic hydroxyl groups is 5. The molecule has 0 radical (unpaired) electrons. The monoisotopic (exact) mass is 1110 g/mol. The van der Waals surface area contributed by atoms with Crippen LogP contribution in [0.1, 0.15) is 115 Å². The second-order valence-electron chi connectivity index (χ2n) is 24.3. The van der Waals surface area contributed by atoms with Crippen LogP contribution in [0.15, 0.2) is 66.3 Å². The Hall–Kier alpha value is -6.11. The van der Waals surface area contributed by atoms with Gasteiger partial charge in [0.05, 0.1) is 17.9 Å². The van der Waals surface area contributed by atoms with E-state index in [9.17, 15) is 64.2 Å². The van der Waals surface area contributed by atoms with Crippen molar-refractivity contribution in [2.45, 2.75) is 171 Å². The molecule has 2 aliphatic heterocycles. The summed E-state index contributed by atoms with van der Waals surface area (Å²) in [6, 6.07) is 12.0. The Balaban J connectivity index is 0.729. The lowest BCUT2D eigenvalue weighted by Gasteiger charge is -2.70. The first kappa shape index (κ1) is 57.1. The number of carbonyl (C=O) groups excluding carboxylic acids is 6. The van der Waals surface area contributed by atoms with Crippen molar-refractivity contribution < 1.29 is 87.9 Å². The van der Waals surface area contributed by atoms with Gasteiger partial charge in [-0.05, 0) is 118 Å². The zero-order chi connectivity index (χ0) is 57.3. The minimum Gasteiger partial charge on any atom is -0.479 e. The minimum absolute atomic E-state index is 0.0212. The van der Waals surface area contributed by atoms with Crippen LogP contribution in [0.4, 0.5) is 10.5 Å². The van der Waals surface area contributed by atoms with Gasteiger partial charge in [0.2, 0.25) is 24.0 Å². The predicted molar refractivity (Wildman–Crippen MR) is 280 cm³/mol. The maximum atomic E-state index is 14.0. The van der Waals surface area contributed by atoms with Gasteiger partial charge in [0, 0.05) is 59.7 Å². The highest BCUT2D eigenvalue weighted by atomic mass is 16.7. The molecule has 2 aromatic rings. The topological polar surface area (TPSA) is 335 Å². The van der Waals surface area contributed by atoms with E-state index in [1.165, 1.54) is 18.2 Å². The van der Waals surface area contributed by atoms with E-state index in [2.05, 4.69) is 28.2 Å². The molecule has 10 N–H and O–H groups in total. The van der Waals surface area contributed by atoms with Crippen LogP contribution in [0, 0.1) is 34.0 Å². The number of rotatable bonds is 19. The number of allylic oxidation sites excluding steroid dienone is 4. The van der Waals surface area contributed by atoms with Crippen LogP contribution < -0.4 is 26.0 Å². The summed E-state index contributed by atoms with van der Waals surface area (Å²) in [5.74, 6) is -3.74. The number of anilines is 1. The molecular formula is C58H72N4O18. The normalized spacial score (nSPS) is 37.0. The number of carbonyl (C=O) groups is 7. The van der Waals surface area contributed by atoms with Crippen molar-refractivity contribution in [1.82, 2.24) is 16.0 Å². The van der Waals surface area contributed by atoms with Crippen molar-refractivity contribution in [2.24, 2.45) is 34.0 Å². The van der Waals surface area contributed by atoms with E-state index in [0.717, 1.165) is 55.2 Å². The number of aliphatic hydroxyl groups excluding tert-OH is 5. The summed E-state index contributed by atoms with van der Waals surface area (Å²) < 4.78 is 30.1. The SMILES string of the molecule is CC(C)NC(=O)CCC(=O)NCCC(=O)Nc1cc(COC(=O)NC23CC(Cc4ccc([C@@H]5O[C@@H]6C[C@H]7[C@@H]8CCC9=CC(=O)C=C[C@]9(C)[C@H]8[C@@H](O)C[C@]7(C)[C@]6(C(=O)CO)O5)cc4)(C2)C3)ccc1O[C@@H]1O[C@H](C(=O)O)[C@@H](O)[C@H](O)[C@H]1O. The number of carboxylic acid groups (broad SMARTS) is 1. The van der Waals surface area contributed by atoms with Crippen LogP contribution in [-0.4, -0.2) is 145 Å². The lowest BCUT2D eigenvalue weighted by Crippen LogP contribution is -2.75. The maximum absolute atomic E-state index is 14.0. The Labute approximate surface area is 462 Å². The third-order valence-corrected chi connectivity index (χ3v) is 18.6. The van der Waals surface area contributed by atoms with E-state index in [0.29, 0.717) is 12.0 Å². The highest BCUT2D eigenvalue weighted by Gasteiger charge is 2.76. The van der Waals surface area contributed by atoms with Crippen molar-refractivity contribution >= 4 is 47.0 Å². The molecule has 22 nitrogen and oxygen atoms in total. The number of carboxylic acids is 1. The average Bonchev–Trinajstić information content (AvgIpc) is 3.65. The number of amides is 4. The molecule has 0 spiro atoms. The standard InChI is InChI=1S/C58H72N4O18/c1-29(2)60-43(68)14-13-42(67)59-18-16-44(69)61-37-19-31(7-12-39(37)77-52-48(72)46(70)47(71)49(79-52)50(73)74)25-76-53(75)62-57-26-56(27-57,28-57)22-30-5-8-32(9-6-30)51-78-41-21-36-35-11-10-33-20-34(64)15-17-54(33,3)45(35)38(65)23-55(36,4)58(41,80-51)40(66)24-63/h5-9,12,15,17,19-20,29,35-36,38,41,45-49,51-52,63,65,70-72H,10-11,13-14,16,18,21-28H2,1-4H3,(H,59,67)(H,60,68)(H,61,69)(H,62,75)(H,73,74)/t35-,36-,38-,41+,45+,46-,47-,48+,49-,51+,52+,54-,55-,56?,57?,58+/m0/s1. The van der Waals surface area contributed by atoms with Crippen molar-refractivity contribution in [3.63, 3.8) is 0 Å². The van der Waals surface area contributed by atoms with E-state index in [4.69, 9.17) is 23.7 Å². The van der Waals surface area contributed by atoms with E-state index < -0.39 is 107 Å². The van der Waals surface area contributed by atoms with Gasteiger partial charge in [-0.15, -0.1) is 0 Å². The first-order valence-electron chi connectivity index (χ1n) is 27.6. The summed E-state index contributed by atoms with van der Waals surface area (Å²) >= 11 is 0. The molecular weight excluding hydrogens is 1040 g/mol. The fourth-order valence-corrected chi connectivity index (χ4v) is 15.2. The Morgan fingerprint density at radius 3 is 2.27 bits per heavy atom. The maximum Gasteiger partial charge on any atom is 0.407 e. The van der Waals surface area contributed by atoms with Crippen molar-refractivity contribution in [3.05, 3.63) is 83.0 Å². The van der Waals surface area contributed by atoms with Crippen LogP contribution in [0.25, 0.3) is 0 Å². The number of hydrogen-bond donors (Lipinski definition) is 10. The van der Waals surface area contributed by atoms with Gasteiger partial charge in [-0.3, -0.25) is 24.0 Å². The van der Waals surface area contributed by atoms with Gasteiger partial charge in [-0.1, -0.05) is 55.8 Å². The van der Waals surface area contributed by atoms with Crippen molar-refractivity contribution in [3.8, 4) is 5.75 Å². The van der Waals surface area contributed by atoms with Gasteiger partial charge in [-0.25, -0.2) is 9.59 Å². The molecule has 2 bridgehead atoms. The van der Waals surface area contributed by atoms with E-state index in [-0.39, 0.29) is 91.2 Å². The molecule has 0 aromatic heterocycles. The fourth-order valence-electron chi connectivity index (χ4n) is 15.2. The number of benzene rings is 2. The molecule has 7 aliphatic carbocycles. The zero-order valence-corrected chi connectivity index (χ0v) is 45.2. The van der Waals surface area contributed by atoms with Gasteiger partial charge in [0.1, 0.15) is 37.3 Å². The van der Waals surface area contributed by atoms with E-state index in [1.54, 1.807) is 26.0 Å². The molecule has 2 saturated heterocycles. The molecule has 9 aliphatic rings. The van der Waals surface area contributed by atoms with Gasteiger partial charge < -0.3 is 75.6 Å². The number of alkyl carbamates (subject to hydrolysis) is 1. The molecule has 22 heteroatoms. The van der Waals surface area contributed by atoms with Crippen molar-refractivity contribution in [1.29, 1.82) is 0 Å². The summed E-state index contributed by atoms with van der Waals surface area (Å²) in [5, 5.41) is 74.1. The molecule has 2 aromatic carbocycles. The quantitative estimate of drug-likeness (QED) is 0.0967. The second-order valence-corrected chi connectivity index (χ2v) is 24.3. The lowest BCUT2D eigenvalue weighted by molar-refractivity contribution is -0.271. The summed E-state index contributed by atoms with van der Waals surface area (Å²) in [7, 11) is 0.